The van der Waals surface area contributed by atoms with Crippen molar-refractivity contribution >= 4 is 27.5 Å². The van der Waals surface area contributed by atoms with Gasteiger partial charge in [0.25, 0.3) is 0 Å². The zero-order valence-corrected chi connectivity index (χ0v) is 8.92. The molecular weight excluding hydrogens is 214 g/mol. The first-order valence-corrected chi connectivity index (χ1v) is 5.25. The van der Waals surface area contributed by atoms with Crippen LogP contribution >= 0.6 is 0 Å². The molecule has 3 aromatic rings. The maximum Gasteiger partial charge on any atom is 0.335 e. The summed E-state index contributed by atoms with van der Waals surface area (Å²) in [5.74, 6) is -0.904. The Hall–Kier alpha value is -2.42. The number of fused-ring (bicyclic) bond motifs is 3. The normalized spacial score (nSPS) is 10.8. The molecule has 1 aromatic heterocycles. The Bertz CT molecular complexity index is 734. The molecule has 17 heavy (non-hydrogen) atoms. The summed E-state index contributed by atoms with van der Waals surface area (Å²) in [5, 5.41) is 13.0. The van der Waals surface area contributed by atoms with Gasteiger partial charge < -0.3 is 5.11 Å². The molecule has 0 saturated carbocycles. The van der Waals surface area contributed by atoms with Crippen LogP contribution in [0, 0.1) is 0 Å². The van der Waals surface area contributed by atoms with E-state index in [1.807, 2.05) is 24.3 Å². The molecule has 0 atom stereocenters. The van der Waals surface area contributed by atoms with Crippen molar-refractivity contribution in [1.82, 2.24) is 4.98 Å². The number of hydrogen-bond donors (Lipinski definition) is 1. The molecule has 0 aliphatic heterocycles. The molecule has 0 radical (unpaired) electrons. The van der Waals surface area contributed by atoms with E-state index in [0.29, 0.717) is 5.56 Å². The minimum absolute atomic E-state index is 0.306. The van der Waals surface area contributed by atoms with Crippen LogP contribution in [0.2, 0.25) is 0 Å². The molecule has 0 saturated heterocycles. The SMILES string of the molecule is O=C(O)c1ccc2c(ccc3ccncc32)c1. The summed E-state index contributed by atoms with van der Waals surface area (Å²) in [6.45, 7) is 0. The molecule has 2 aromatic carbocycles. The highest BCUT2D eigenvalue weighted by Gasteiger charge is 2.05. The lowest BCUT2D eigenvalue weighted by atomic mass is 10.0. The van der Waals surface area contributed by atoms with Gasteiger partial charge in [0.1, 0.15) is 0 Å². The van der Waals surface area contributed by atoms with E-state index >= 15 is 0 Å². The van der Waals surface area contributed by atoms with Crippen LogP contribution in [0.25, 0.3) is 21.5 Å². The predicted octanol–water partition coefficient (Wildman–Crippen LogP) is 3.09. The topological polar surface area (TPSA) is 50.2 Å². The summed E-state index contributed by atoms with van der Waals surface area (Å²) in [5.41, 5.74) is 0.306. The highest BCUT2D eigenvalue weighted by atomic mass is 16.4. The lowest BCUT2D eigenvalue weighted by Crippen LogP contribution is -1.95. The maximum atomic E-state index is 10.9. The van der Waals surface area contributed by atoms with Crippen molar-refractivity contribution in [3.8, 4) is 0 Å². The minimum Gasteiger partial charge on any atom is -0.478 e. The van der Waals surface area contributed by atoms with Gasteiger partial charge in [-0.1, -0.05) is 18.2 Å². The molecule has 0 fully saturated rings. The van der Waals surface area contributed by atoms with Crippen molar-refractivity contribution in [3.63, 3.8) is 0 Å². The van der Waals surface area contributed by atoms with E-state index in [-0.39, 0.29) is 0 Å². The summed E-state index contributed by atoms with van der Waals surface area (Å²) >= 11 is 0. The van der Waals surface area contributed by atoms with Crippen molar-refractivity contribution in [3.05, 3.63) is 54.4 Å². The van der Waals surface area contributed by atoms with Gasteiger partial charge in [0.05, 0.1) is 5.56 Å². The van der Waals surface area contributed by atoms with Crippen molar-refractivity contribution in [2.75, 3.05) is 0 Å². The second-order valence-corrected chi connectivity index (χ2v) is 3.90. The molecule has 0 unspecified atom stereocenters. The molecule has 0 bridgehead atoms. The maximum absolute atomic E-state index is 10.9. The molecule has 0 aliphatic carbocycles. The summed E-state index contributed by atoms with van der Waals surface area (Å²) in [6, 6.07) is 11.0. The van der Waals surface area contributed by atoms with E-state index in [9.17, 15) is 4.79 Å². The fourth-order valence-electron chi connectivity index (χ4n) is 2.03. The van der Waals surface area contributed by atoms with Crippen LogP contribution in [0.3, 0.4) is 0 Å². The quantitative estimate of drug-likeness (QED) is 0.645. The van der Waals surface area contributed by atoms with E-state index in [0.717, 1.165) is 21.5 Å². The number of hydrogen-bond acceptors (Lipinski definition) is 2. The zero-order chi connectivity index (χ0) is 11.8. The van der Waals surface area contributed by atoms with Crippen LogP contribution in [0.4, 0.5) is 0 Å². The Kier molecular flexibility index (Phi) is 2.05. The number of carboxylic acid groups (broad SMARTS) is 1. The molecule has 1 N–H and O–H groups in total. The number of carbonyl (C=O) groups is 1. The van der Waals surface area contributed by atoms with Crippen LogP contribution in [-0.2, 0) is 0 Å². The second-order valence-electron chi connectivity index (χ2n) is 3.90. The van der Waals surface area contributed by atoms with Gasteiger partial charge in [0.2, 0.25) is 0 Å². The molecule has 0 spiro atoms. The van der Waals surface area contributed by atoms with Gasteiger partial charge in [0.15, 0.2) is 0 Å². The predicted molar refractivity (Wildman–Crippen MR) is 66.2 cm³/mol. The van der Waals surface area contributed by atoms with Gasteiger partial charge in [-0.05, 0) is 34.4 Å². The number of aromatic carboxylic acids is 1. The molecule has 82 valence electrons. The molecule has 3 nitrogen and oxygen atoms in total. The Morgan fingerprint density at radius 2 is 1.82 bits per heavy atom. The second kappa shape index (κ2) is 3.56. The first kappa shape index (κ1) is 9.78. The van der Waals surface area contributed by atoms with E-state index in [4.69, 9.17) is 5.11 Å². The summed E-state index contributed by atoms with van der Waals surface area (Å²) in [4.78, 5) is 15.0. The van der Waals surface area contributed by atoms with Crippen LogP contribution in [0.15, 0.2) is 48.8 Å². The number of benzene rings is 2. The first-order chi connectivity index (χ1) is 8.25. The van der Waals surface area contributed by atoms with Gasteiger partial charge >= 0.3 is 5.97 Å². The number of rotatable bonds is 1. The molecule has 1 heterocycles. The standard InChI is InChI=1S/C14H9NO2/c16-14(17)11-3-4-12-10(7-11)2-1-9-5-6-15-8-13(9)12/h1-8H,(H,16,17). The smallest absolute Gasteiger partial charge is 0.335 e. The third kappa shape index (κ3) is 1.52. The number of pyridine rings is 1. The van der Waals surface area contributed by atoms with Crippen LogP contribution < -0.4 is 0 Å². The number of nitrogens with zero attached hydrogens (tertiary/aromatic N) is 1. The van der Waals surface area contributed by atoms with Crippen molar-refractivity contribution in [2.24, 2.45) is 0 Å². The molecular formula is C14H9NO2. The fraction of sp³-hybridized carbons (Fsp3) is 0. The number of aromatic nitrogens is 1. The van der Waals surface area contributed by atoms with Gasteiger partial charge in [-0.3, -0.25) is 4.98 Å². The average molecular weight is 223 g/mol. The lowest BCUT2D eigenvalue weighted by molar-refractivity contribution is 0.0697. The van der Waals surface area contributed by atoms with Crippen molar-refractivity contribution in [2.45, 2.75) is 0 Å². The average Bonchev–Trinajstić information content (AvgIpc) is 2.38. The van der Waals surface area contributed by atoms with Crippen LogP contribution in [0.1, 0.15) is 10.4 Å². The van der Waals surface area contributed by atoms with Gasteiger partial charge in [-0.25, -0.2) is 4.79 Å². The van der Waals surface area contributed by atoms with Gasteiger partial charge in [0, 0.05) is 17.8 Å². The highest BCUT2D eigenvalue weighted by molar-refractivity contribution is 6.08. The first-order valence-electron chi connectivity index (χ1n) is 5.25. The van der Waals surface area contributed by atoms with Crippen LogP contribution in [0.5, 0.6) is 0 Å². The van der Waals surface area contributed by atoms with Gasteiger partial charge in [-0.2, -0.15) is 0 Å². The molecule has 3 heteroatoms. The Morgan fingerprint density at radius 1 is 1.00 bits per heavy atom. The molecule has 0 amide bonds. The largest absolute Gasteiger partial charge is 0.478 e. The summed E-state index contributed by atoms with van der Waals surface area (Å²) in [6.07, 6.45) is 3.55. The van der Waals surface area contributed by atoms with E-state index in [2.05, 4.69) is 4.98 Å². The Balaban J connectivity index is 2.41. The third-order valence-electron chi connectivity index (χ3n) is 2.89. The molecule has 3 rings (SSSR count). The van der Waals surface area contributed by atoms with Crippen LogP contribution in [-0.4, -0.2) is 16.1 Å². The minimum atomic E-state index is -0.904. The Morgan fingerprint density at radius 3 is 2.65 bits per heavy atom. The number of carboxylic acids is 1. The zero-order valence-electron chi connectivity index (χ0n) is 8.92. The van der Waals surface area contributed by atoms with Gasteiger partial charge in [-0.15, -0.1) is 0 Å². The summed E-state index contributed by atoms with van der Waals surface area (Å²) < 4.78 is 0. The monoisotopic (exact) mass is 223 g/mol. The van der Waals surface area contributed by atoms with E-state index in [1.165, 1.54) is 0 Å². The highest BCUT2D eigenvalue weighted by Crippen LogP contribution is 2.25. The third-order valence-corrected chi connectivity index (χ3v) is 2.89. The fourth-order valence-corrected chi connectivity index (χ4v) is 2.03. The van der Waals surface area contributed by atoms with Crippen molar-refractivity contribution < 1.29 is 9.90 Å². The summed E-state index contributed by atoms with van der Waals surface area (Å²) in [7, 11) is 0. The van der Waals surface area contributed by atoms with Crippen molar-refractivity contribution in [1.29, 1.82) is 0 Å². The van der Waals surface area contributed by atoms with E-state index in [1.54, 1.807) is 24.5 Å². The molecule has 0 aliphatic rings. The lowest BCUT2D eigenvalue weighted by Gasteiger charge is -2.04. The van der Waals surface area contributed by atoms with E-state index < -0.39 is 5.97 Å². The Labute approximate surface area is 97.3 Å².